The van der Waals surface area contributed by atoms with Crippen LogP contribution in [0.1, 0.15) is 9.67 Å². The van der Waals surface area contributed by atoms with Crippen molar-refractivity contribution in [3.63, 3.8) is 0 Å². The van der Waals surface area contributed by atoms with Gasteiger partial charge in [0, 0.05) is 22.4 Å². The van der Waals surface area contributed by atoms with Crippen LogP contribution < -0.4 is 10.6 Å². The zero-order valence-electron chi connectivity index (χ0n) is 9.70. The van der Waals surface area contributed by atoms with Gasteiger partial charge in [-0.2, -0.15) is 0 Å². The van der Waals surface area contributed by atoms with Gasteiger partial charge in [0.05, 0.1) is 5.02 Å². The summed E-state index contributed by atoms with van der Waals surface area (Å²) in [6.07, 6.45) is 0. The first kappa shape index (κ1) is 13.2. The molecule has 1 amide bonds. The maximum atomic E-state index is 13.2. The Morgan fingerprint density at radius 1 is 1.53 bits per heavy atom. The van der Waals surface area contributed by atoms with Gasteiger partial charge in [-0.3, -0.25) is 10.1 Å². The molecule has 1 aliphatic heterocycles. The van der Waals surface area contributed by atoms with Crippen LogP contribution in [-0.4, -0.2) is 23.7 Å². The molecule has 3 rings (SSSR count). The molecule has 19 heavy (non-hydrogen) atoms. The van der Waals surface area contributed by atoms with E-state index in [1.807, 2.05) is 0 Å². The molecular weight excluding hydrogens is 307 g/mol. The van der Waals surface area contributed by atoms with Gasteiger partial charge in [-0.05, 0) is 18.2 Å². The highest BCUT2D eigenvalue weighted by Gasteiger charge is 2.22. The van der Waals surface area contributed by atoms with Crippen LogP contribution in [0.25, 0.3) is 10.1 Å². The van der Waals surface area contributed by atoms with Crippen LogP contribution in [0.3, 0.4) is 0 Å². The summed E-state index contributed by atoms with van der Waals surface area (Å²) >= 11 is 9.04. The maximum Gasteiger partial charge on any atom is 0.264 e. The molecule has 0 spiro atoms. The standard InChI is InChI=1S/C12H10ClFN2OS2/c13-9-7-2-1-6(14)5-8(7)19-10(9)11(17)16-12-15-3-4-18-12/h1-2,5,12,15H,3-4H2,(H,16,17). The molecule has 1 unspecified atom stereocenters. The summed E-state index contributed by atoms with van der Waals surface area (Å²) in [5.41, 5.74) is -0.0782. The number of rotatable bonds is 2. The topological polar surface area (TPSA) is 41.1 Å². The summed E-state index contributed by atoms with van der Waals surface area (Å²) in [5, 5.41) is 7.11. The van der Waals surface area contributed by atoms with Crippen LogP contribution in [0.2, 0.25) is 5.02 Å². The van der Waals surface area contributed by atoms with Crippen molar-refractivity contribution in [1.82, 2.24) is 10.6 Å². The van der Waals surface area contributed by atoms with E-state index in [0.29, 0.717) is 20.0 Å². The van der Waals surface area contributed by atoms with E-state index in [1.165, 1.54) is 23.5 Å². The summed E-state index contributed by atoms with van der Waals surface area (Å²) in [6.45, 7) is 0.876. The van der Waals surface area contributed by atoms with Crippen molar-refractivity contribution in [2.75, 3.05) is 12.3 Å². The first-order valence-corrected chi connectivity index (χ1v) is 7.93. The predicted molar refractivity (Wildman–Crippen MR) is 78.5 cm³/mol. The lowest BCUT2D eigenvalue weighted by Gasteiger charge is -2.10. The zero-order chi connectivity index (χ0) is 13.4. The van der Waals surface area contributed by atoms with E-state index in [-0.39, 0.29) is 17.2 Å². The summed E-state index contributed by atoms with van der Waals surface area (Å²) in [5.74, 6) is 0.417. The number of carbonyl (C=O) groups is 1. The Labute approximate surface area is 122 Å². The summed E-state index contributed by atoms with van der Waals surface area (Å²) in [7, 11) is 0. The molecule has 2 N–H and O–H groups in total. The molecule has 1 aromatic carbocycles. The third-order valence-corrected chi connectivity index (χ3v) is 5.49. The molecule has 0 aliphatic carbocycles. The summed E-state index contributed by atoms with van der Waals surface area (Å²) in [6, 6.07) is 4.34. The molecule has 0 bridgehead atoms. The van der Waals surface area contributed by atoms with Crippen LogP contribution in [0.4, 0.5) is 4.39 Å². The average molecular weight is 317 g/mol. The molecule has 7 heteroatoms. The third kappa shape index (κ3) is 2.58. The average Bonchev–Trinajstić information content (AvgIpc) is 2.97. The van der Waals surface area contributed by atoms with E-state index in [0.717, 1.165) is 12.3 Å². The number of amides is 1. The first-order chi connectivity index (χ1) is 9.15. The molecule has 2 aromatic rings. The Morgan fingerprint density at radius 2 is 2.37 bits per heavy atom. The molecule has 1 aliphatic rings. The minimum Gasteiger partial charge on any atom is -0.327 e. The van der Waals surface area contributed by atoms with Gasteiger partial charge in [0.2, 0.25) is 0 Å². The second kappa shape index (κ2) is 5.28. The lowest BCUT2D eigenvalue weighted by Crippen LogP contribution is -2.39. The monoisotopic (exact) mass is 316 g/mol. The lowest BCUT2D eigenvalue weighted by molar-refractivity contribution is 0.0951. The second-order valence-corrected chi connectivity index (χ2v) is 6.71. The van der Waals surface area contributed by atoms with E-state index in [4.69, 9.17) is 11.6 Å². The molecule has 3 nitrogen and oxygen atoms in total. The predicted octanol–water partition coefficient (Wildman–Crippen LogP) is 3.04. The van der Waals surface area contributed by atoms with Crippen molar-refractivity contribution in [3.8, 4) is 0 Å². The van der Waals surface area contributed by atoms with E-state index in [9.17, 15) is 9.18 Å². The number of hydrogen-bond donors (Lipinski definition) is 2. The minimum absolute atomic E-state index is 0.0782. The second-order valence-electron chi connectivity index (χ2n) is 4.06. The summed E-state index contributed by atoms with van der Waals surface area (Å²) < 4.78 is 13.8. The van der Waals surface area contributed by atoms with Gasteiger partial charge in [0.25, 0.3) is 5.91 Å². The molecular formula is C12H10ClFN2OS2. The Morgan fingerprint density at radius 3 is 3.11 bits per heavy atom. The number of nitrogens with one attached hydrogen (secondary N) is 2. The van der Waals surface area contributed by atoms with Crippen molar-refractivity contribution in [2.24, 2.45) is 0 Å². The van der Waals surface area contributed by atoms with Gasteiger partial charge in [-0.25, -0.2) is 4.39 Å². The largest absolute Gasteiger partial charge is 0.327 e. The number of hydrogen-bond acceptors (Lipinski definition) is 4. The fraction of sp³-hybridized carbons (Fsp3) is 0.250. The highest BCUT2D eigenvalue weighted by molar-refractivity contribution is 8.00. The van der Waals surface area contributed by atoms with Gasteiger partial charge in [-0.15, -0.1) is 23.1 Å². The minimum atomic E-state index is -0.328. The normalized spacial score (nSPS) is 18.9. The number of thiophene rings is 1. The lowest BCUT2D eigenvalue weighted by atomic mass is 10.2. The zero-order valence-corrected chi connectivity index (χ0v) is 12.1. The number of halogens is 2. The number of thioether (sulfide) groups is 1. The van der Waals surface area contributed by atoms with E-state index >= 15 is 0 Å². The third-order valence-electron chi connectivity index (χ3n) is 2.78. The van der Waals surface area contributed by atoms with E-state index < -0.39 is 0 Å². The van der Waals surface area contributed by atoms with Gasteiger partial charge < -0.3 is 5.32 Å². The molecule has 2 heterocycles. The summed E-state index contributed by atoms with van der Waals surface area (Å²) in [4.78, 5) is 12.6. The highest BCUT2D eigenvalue weighted by Crippen LogP contribution is 2.35. The molecule has 1 fully saturated rings. The van der Waals surface area contributed by atoms with Crippen molar-refractivity contribution in [3.05, 3.63) is 33.9 Å². The van der Waals surface area contributed by atoms with Crippen LogP contribution in [0, 0.1) is 5.82 Å². The first-order valence-electron chi connectivity index (χ1n) is 5.68. The van der Waals surface area contributed by atoms with Gasteiger partial charge in [0.15, 0.2) is 0 Å². The smallest absolute Gasteiger partial charge is 0.264 e. The number of fused-ring (bicyclic) bond motifs is 1. The molecule has 0 radical (unpaired) electrons. The van der Waals surface area contributed by atoms with Crippen LogP contribution in [-0.2, 0) is 0 Å². The van der Waals surface area contributed by atoms with Gasteiger partial charge >= 0.3 is 0 Å². The van der Waals surface area contributed by atoms with Crippen LogP contribution >= 0.6 is 34.7 Å². The Hall–Kier alpha value is -0.820. The van der Waals surface area contributed by atoms with Crippen LogP contribution in [0.5, 0.6) is 0 Å². The molecule has 1 aromatic heterocycles. The van der Waals surface area contributed by atoms with Gasteiger partial charge in [0.1, 0.15) is 16.2 Å². The van der Waals surface area contributed by atoms with Gasteiger partial charge in [-0.1, -0.05) is 11.6 Å². The number of carbonyl (C=O) groups excluding carboxylic acids is 1. The molecule has 0 saturated carbocycles. The molecule has 1 atom stereocenters. The van der Waals surface area contributed by atoms with E-state index in [1.54, 1.807) is 17.8 Å². The van der Waals surface area contributed by atoms with E-state index in [2.05, 4.69) is 10.6 Å². The SMILES string of the molecule is O=C(NC1NCCS1)c1sc2cc(F)ccc2c1Cl. The quantitative estimate of drug-likeness (QED) is 0.895. The number of benzene rings is 1. The Kier molecular flexibility index (Phi) is 3.66. The molecule has 100 valence electrons. The van der Waals surface area contributed by atoms with Crippen LogP contribution in [0.15, 0.2) is 18.2 Å². The fourth-order valence-corrected chi connectivity index (χ4v) is 4.23. The van der Waals surface area contributed by atoms with Crippen molar-refractivity contribution in [2.45, 2.75) is 5.50 Å². The maximum absolute atomic E-state index is 13.2. The fourth-order valence-electron chi connectivity index (χ4n) is 1.89. The Bertz CT molecular complexity index is 640. The van der Waals surface area contributed by atoms with Crippen molar-refractivity contribution in [1.29, 1.82) is 0 Å². The van der Waals surface area contributed by atoms with Crippen molar-refractivity contribution < 1.29 is 9.18 Å². The molecule has 1 saturated heterocycles. The highest BCUT2D eigenvalue weighted by atomic mass is 35.5. The Balaban J connectivity index is 1.91. The van der Waals surface area contributed by atoms with Crippen molar-refractivity contribution >= 4 is 50.7 Å².